The summed E-state index contributed by atoms with van der Waals surface area (Å²) in [6.07, 6.45) is -0.0732. The third-order valence-electron chi connectivity index (χ3n) is 3.01. The summed E-state index contributed by atoms with van der Waals surface area (Å²) >= 11 is 3.34. The van der Waals surface area contributed by atoms with E-state index in [2.05, 4.69) is 21.2 Å². The van der Waals surface area contributed by atoms with Gasteiger partial charge in [-0.3, -0.25) is 4.79 Å². The fourth-order valence-corrected chi connectivity index (χ4v) is 2.37. The Bertz CT molecular complexity index is 572. The maximum absolute atomic E-state index is 12.0. The Labute approximate surface area is 126 Å². The van der Waals surface area contributed by atoms with E-state index in [-0.39, 0.29) is 5.91 Å². The lowest BCUT2D eigenvalue weighted by atomic mass is 10.1. The van der Waals surface area contributed by atoms with Crippen molar-refractivity contribution in [1.29, 1.82) is 0 Å². The third kappa shape index (κ3) is 3.92. The number of amides is 1. The fraction of sp³-hybridized carbons (Fsp3) is 0.188. The number of halogens is 1. The molecule has 2 aromatic rings. The van der Waals surface area contributed by atoms with Crippen LogP contribution in [-0.2, 0) is 0 Å². The lowest BCUT2D eigenvalue weighted by Gasteiger charge is -2.12. The van der Waals surface area contributed by atoms with Crippen LogP contribution in [0.4, 0.5) is 0 Å². The number of aliphatic hydroxyl groups excluding tert-OH is 1. The molecule has 0 aliphatic heterocycles. The van der Waals surface area contributed by atoms with Crippen molar-refractivity contribution in [2.45, 2.75) is 12.5 Å². The van der Waals surface area contributed by atoms with Gasteiger partial charge in [-0.2, -0.15) is 0 Å². The van der Waals surface area contributed by atoms with Crippen LogP contribution in [0.3, 0.4) is 0 Å². The first-order chi connectivity index (χ1) is 9.68. The molecule has 0 heterocycles. The second-order valence-electron chi connectivity index (χ2n) is 4.45. The van der Waals surface area contributed by atoms with Crippen LogP contribution >= 0.6 is 15.9 Å². The highest BCUT2D eigenvalue weighted by atomic mass is 79.9. The Kier molecular flexibility index (Phi) is 5.32. The van der Waals surface area contributed by atoms with Gasteiger partial charge >= 0.3 is 0 Å². The van der Waals surface area contributed by atoms with Crippen LogP contribution in [0, 0.1) is 0 Å². The van der Waals surface area contributed by atoms with E-state index in [1.54, 1.807) is 6.07 Å². The van der Waals surface area contributed by atoms with Gasteiger partial charge in [0.15, 0.2) is 0 Å². The predicted molar refractivity (Wildman–Crippen MR) is 82.5 cm³/mol. The summed E-state index contributed by atoms with van der Waals surface area (Å²) in [4.78, 5) is 12.0. The van der Waals surface area contributed by atoms with Crippen molar-refractivity contribution in [3.05, 3.63) is 70.2 Å². The molecular weight excluding hydrogens is 318 g/mol. The van der Waals surface area contributed by atoms with E-state index >= 15 is 0 Å². The zero-order valence-electron chi connectivity index (χ0n) is 10.9. The molecule has 2 aromatic carbocycles. The summed E-state index contributed by atoms with van der Waals surface area (Å²) in [5, 5.41) is 12.8. The third-order valence-corrected chi connectivity index (χ3v) is 3.70. The smallest absolute Gasteiger partial charge is 0.252 e. The van der Waals surface area contributed by atoms with Crippen LogP contribution in [0.1, 0.15) is 28.4 Å². The average molecular weight is 334 g/mol. The Hall–Kier alpha value is -1.65. The number of aliphatic hydroxyl groups is 1. The van der Waals surface area contributed by atoms with Gasteiger partial charge < -0.3 is 10.4 Å². The molecule has 0 saturated heterocycles. The quantitative estimate of drug-likeness (QED) is 0.881. The molecule has 0 radical (unpaired) electrons. The number of carbonyl (C=O) groups is 1. The normalized spacial score (nSPS) is 11.9. The highest BCUT2D eigenvalue weighted by molar-refractivity contribution is 9.10. The van der Waals surface area contributed by atoms with E-state index in [1.807, 2.05) is 48.5 Å². The van der Waals surface area contributed by atoms with Gasteiger partial charge in [0.25, 0.3) is 5.91 Å². The fourth-order valence-electron chi connectivity index (χ4n) is 1.90. The lowest BCUT2D eigenvalue weighted by Crippen LogP contribution is -2.25. The molecule has 2 N–H and O–H groups in total. The minimum absolute atomic E-state index is 0.141. The molecule has 0 aromatic heterocycles. The van der Waals surface area contributed by atoms with Crippen molar-refractivity contribution in [2.75, 3.05) is 6.54 Å². The summed E-state index contributed by atoms with van der Waals surface area (Å²) in [5.41, 5.74) is 1.46. The van der Waals surface area contributed by atoms with Crippen LogP contribution in [0.2, 0.25) is 0 Å². The van der Waals surface area contributed by atoms with Crippen molar-refractivity contribution in [3.63, 3.8) is 0 Å². The van der Waals surface area contributed by atoms with E-state index in [0.29, 0.717) is 18.5 Å². The molecule has 0 fully saturated rings. The zero-order valence-corrected chi connectivity index (χ0v) is 12.5. The Morgan fingerprint density at radius 2 is 1.75 bits per heavy atom. The molecule has 1 atom stereocenters. The topological polar surface area (TPSA) is 49.3 Å². The second kappa shape index (κ2) is 7.22. The molecule has 0 unspecified atom stereocenters. The molecule has 1 amide bonds. The summed E-state index contributed by atoms with van der Waals surface area (Å²) in [7, 11) is 0. The summed E-state index contributed by atoms with van der Waals surface area (Å²) < 4.78 is 0.765. The van der Waals surface area contributed by atoms with Gasteiger partial charge in [-0.1, -0.05) is 42.5 Å². The molecule has 0 aliphatic rings. The van der Waals surface area contributed by atoms with Crippen LogP contribution in [0.5, 0.6) is 0 Å². The van der Waals surface area contributed by atoms with E-state index in [1.165, 1.54) is 0 Å². The average Bonchev–Trinajstić information content (AvgIpc) is 2.48. The summed E-state index contributed by atoms with van der Waals surface area (Å²) in [6, 6.07) is 16.7. The minimum atomic E-state index is -0.560. The maximum Gasteiger partial charge on any atom is 0.252 e. The number of hydrogen-bond acceptors (Lipinski definition) is 2. The van der Waals surface area contributed by atoms with Crippen LogP contribution in [-0.4, -0.2) is 17.6 Å². The molecule has 4 heteroatoms. The molecule has 0 bridgehead atoms. The SMILES string of the molecule is O=C(NCC[C@@H](O)c1ccccc1)c1ccccc1Br. The van der Waals surface area contributed by atoms with Gasteiger partial charge in [-0.25, -0.2) is 0 Å². The molecular formula is C16H16BrNO2. The van der Waals surface area contributed by atoms with Crippen molar-refractivity contribution in [1.82, 2.24) is 5.32 Å². The van der Waals surface area contributed by atoms with Gasteiger partial charge in [0.1, 0.15) is 0 Å². The maximum atomic E-state index is 12.0. The van der Waals surface area contributed by atoms with Crippen LogP contribution in [0.25, 0.3) is 0 Å². The van der Waals surface area contributed by atoms with E-state index in [9.17, 15) is 9.90 Å². The lowest BCUT2D eigenvalue weighted by molar-refractivity contribution is 0.0942. The van der Waals surface area contributed by atoms with Crippen molar-refractivity contribution >= 4 is 21.8 Å². The minimum Gasteiger partial charge on any atom is -0.388 e. The van der Waals surface area contributed by atoms with Gasteiger partial charge in [-0.05, 0) is 40.0 Å². The first-order valence-corrected chi connectivity index (χ1v) is 7.23. The van der Waals surface area contributed by atoms with Crippen LogP contribution in [0.15, 0.2) is 59.1 Å². The molecule has 0 aliphatic carbocycles. The van der Waals surface area contributed by atoms with Gasteiger partial charge in [0, 0.05) is 11.0 Å². The number of carbonyl (C=O) groups excluding carboxylic acids is 1. The number of benzene rings is 2. The monoisotopic (exact) mass is 333 g/mol. The van der Waals surface area contributed by atoms with E-state index < -0.39 is 6.10 Å². The number of hydrogen-bond donors (Lipinski definition) is 2. The molecule has 0 spiro atoms. The first kappa shape index (κ1) is 14.8. The number of rotatable bonds is 5. The largest absolute Gasteiger partial charge is 0.388 e. The van der Waals surface area contributed by atoms with E-state index in [4.69, 9.17) is 0 Å². The van der Waals surface area contributed by atoms with Crippen molar-refractivity contribution < 1.29 is 9.90 Å². The first-order valence-electron chi connectivity index (χ1n) is 6.44. The van der Waals surface area contributed by atoms with Crippen LogP contribution < -0.4 is 5.32 Å². The number of nitrogens with one attached hydrogen (secondary N) is 1. The van der Waals surface area contributed by atoms with Crippen molar-refractivity contribution in [3.8, 4) is 0 Å². The summed E-state index contributed by atoms with van der Waals surface area (Å²) in [6.45, 7) is 0.427. The second-order valence-corrected chi connectivity index (χ2v) is 5.31. The Morgan fingerprint density at radius 3 is 2.45 bits per heavy atom. The molecule has 2 rings (SSSR count). The predicted octanol–water partition coefficient (Wildman–Crippen LogP) is 3.30. The van der Waals surface area contributed by atoms with Gasteiger partial charge in [-0.15, -0.1) is 0 Å². The highest BCUT2D eigenvalue weighted by Gasteiger charge is 2.10. The standard InChI is InChI=1S/C16H16BrNO2/c17-14-9-5-4-8-13(14)16(20)18-11-10-15(19)12-6-2-1-3-7-12/h1-9,15,19H,10-11H2,(H,18,20)/t15-/m1/s1. The Morgan fingerprint density at radius 1 is 1.10 bits per heavy atom. The summed E-state index contributed by atoms with van der Waals surface area (Å²) in [5.74, 6) is -0.141. The van der Waals surface area contributed by atoms with Gasteiger partial charge in [0.05, 0.1) is 11.7 Å². The van der Waals surface area contributed by atoms with Gasteiger partial charge in [0.2, 0.25) is 0 Å². The Balaban J connectivity index is 1.84. The van der Waals surface area contributed by atoms with Crippen molar-refractivity contribution in [2.24, 2.45) is 0 Å². The molecule has 0 saturated carbocycles. The highest BCUT2D eigenvalue weighted by Crippen LogP contribution is 2.17. The molecule has 3 nitrogen and oxygen atoms in total. The molecule has 20 heavy (non-hydrogen) atoms. The zero-order chi connectivity index (χ0) is 14.4. The molecule has 104 valence electrons. The van der Waals surface area contributed by atoms with E-state index in [0.717, 1.165) is 10.0 Å².